The quantitative estimate of drug-likeness (QED) is 0.651. The molecule has 0 saturated carbocycles. The van der Waals surface area contributed by atoms with Gasteiger partial charge in [0, 0.05) is 20.2 Å². The summed E-state index contributed by atoms with van der Waals surface area (Å²) in [6.07, 6.45) is 2.45. The predicted molar refractivity (Wildman–Crippen MR) is 72.7 cm³/mol. The van der Waals surface area contributed by atoms with Crippen LogP contribution in [0.15, 0.2) is 0 Å². The molecule has 0 spiro atoms. The Morgan fingerprint density at radius 3 is 2.39 bits per heavy atom. The first kappa shape index (κ1) is 17.2. The lowest BCUT2D eigenvalue weighted by Gasteiger charge is -2.24. The van der Waals surface area contributed by atoms with E-state index in [-0.39, 0.29) is 12.7 Å². The lowest BCUT2D eigenvalue weighted by Crippen LogP contribution is -2.35. The van der Waals surface area contributed by atoms with Gasteiger partial charge < -0.3 is 20.1 Å². The second kappa shape index (κ2) is 9.16. The average molecular weight is 260 g/mol. The molecule has 0 aromatic rings. The van der Waals surface area contributed by atoms with E-state index in [1.807, 2.05) is 20.8 Å². The lowest BCUT2D eigenvalue weighted by molar-refractivity contribution is 0.0297. The van der Waals surface area contributed by atoms with Gasteiger partial charge in [-0.15, -0.1) is 0 Å². The number of carbonyl (C=O) groups is 1. The van der Waals surface area contributed by atoms with E-state index in [1.165, 1.54) is 0 Å². The molecule has 0 saturated heterocycles. The molecule has 0 fully saturated rings. The van der Waals surface area contributed by atoms with E-state index >= 15 is 0 Å². The Balaban J connectivity index is 3.52. The van der Waals surface area contributed by atoms with Gasteiger partial charge in [-0.25, -0.2) is 4.79 Å². The van der Waals surface area contributed by atoms with Gasteiger partial charge in [0.05, 0.1) is 0 Å². The standard InChI is InChI=1S/C13H28N2O3/c1-13(2,3)18-12(17)15(4)10-7-9-14-8-5-6-11-16/h14,16H,5-11H2,1-4H3. The largest absolute Gasteiger partial charge is 0.444 e. The minimum Gasteiger partial charge on any atom is -0.444 e. The van der Waals surface area contributed by atoms with Crippen LogP contribution in [-0.2, 0) is 4.74 Å². The van der Waals surface area contributed by atoms with Crippen LogP contribution in [-0.4, -0.2) is 55.0 Å². The minimum atomic E-state index is -0.437. The van der Waals surface area contributed by atoms with Gasteiger partial charge in [0.1, 0.15) is 5.60 Å². The van der Waals surface area contributed by atoms with Crippen molar-refractivity contribution in [2.24, 2.45) is 0 Å². The molecule has 0 heterocycles. The maximum Gasteiger partial charge on any atom is 0.410 e. The number of ether oxygens (including phenoxy) is 1. The molecule has 2 N–H and O–H groups in total. The molecule has 0 aliphatic rings. The van der Waals surface area contributed by atoms with E-state index < -0.39 is 5.60 Å². The Labute approximate surface area is 110 Å². The van der Waals surface area contributed by atoms with Crippen LogP contribution < -0.4 is 5.32 Å². The monoisotopic (exact) mass is 260 g/mol. The topological polar surface area (TPSA) is 61.8 Å². The summed E-state index contributed by atoms with van der Waals surface area (Å²) in [7, 11) is 1.75. The Kier molecular flexibility index (Phi) is 8.75. The number of aliphatic hydroxyl groups is 1. The van der Waals surface area contributed by atoms with Crippen LogP contribution >= 0.6 is 0 Å². The van der Waals surface area contributed by atoms with E-state index in [4.69, 9.17) is 9.84 Å². The number of amides is 1. The zero-order valence-electron chi connectivity index (χ0n) is 12.2. The second-order valence-corrected chi connectivity index (χ2v) is 5.44. The first-order valence-electron chi connectivity index (χ1n) is 6.62. The van der Waals surface area contributed by atoms with E-state index in [1.54, 1.807) is 11.9 Å². The van der Waals surface area contributed by atoms with Crippen LogP contribution in [0.4, 0.5) is 4.79 Å². The maximum atomic E-state index is 11.6. The lowest BCUT2D eigenvalue weighted by atomic mass is 10.2. The van der Waals surface area contributed by atoms with Gasteiger partial charge in [-0.3, -0.25) is 0 Å². The van der Waals surface area contributed by atoms with Crippen molar-refractivity contribution in [3.05, 3.63) is 0 Å². The molecule has 1 amide bonds. The molecule has 0 unspecified atom stereocenters. The number of aliphatic hydroxyl groups excluding tert-OH is 1. The molecule has 0 radical (unpaired) electrons. The summed E-state index contributed by atoms with van der Waals surface area (Å²) in [6, 6.07) is 0. The Morgan fingerprint density at radius 1 is 1.22 bits per heavy atom. The molecule has 0 atom stereocenters. The van der Waals surface area contributed by atoms with Gasteiger partial charge in [-0.05, 0) is 53.1 Å². The summed E-state index contributed by atoms with van der Waals surface area (Å²) >= 11 is 0. The average Bonchev–Trinajstić information content (AvgIpc) is 2.25. The van der Waals surface area contributed by atoms with Crippen molar-refractivity contribution < 1.29 is 14.6 Å². The number of unbranched alkanes of at least 4 members (excludes halogenated alkanes) is 1. The van der Waals surface area contributed by atoms with Gasteiger partial charge in [0.25, 0.3) is 0 Å². The smallest absolute Gasteiger partial charge is 0.410 e. The van der Waals surface area contributed by atoms with Crippen LogP contribution in [0.1, 0.15) is 40.0 Å². The van der Waals surface area contributed by atoms with Crippen molar-refractivity contribution in [1.29, 1.82) is 0 Å². The molecular formula is C13H28N2O3. The normalized spacial score (nSPS) is 11.4. The van der Waals surface area contributed by atoms with Crippen LogP contribution in [0.3, 0.4) is 0 Å². The molecule has 0 aliphatic carbocycles. The highest BCUT2D eigenvalue weighted by molar-refractivity contribution is 5.67. The van der Waals surface area contributed by atoms with Crippen molar-refractivity contribution in [3.63, 3.8) is 0 Å². The zero-order valence-corrected chi connectivity index (χ0v) is 12.2. The summed E-state index contributed by atoms with van der Waals surface area (Å²) in [5.41, 5.74) is -0.437. The van der Waals surface area contributed by atoms with Crippen LogP contribution in [0.2, 0.25) is 0 Å². The third-order valence-electron chi connectivity index (χ3n) is 2.31. The predicted octanol–water partition coefficient (Wildman–Crippen LogP) is 1.61. The first-order chi connectivity index (χ1) is 8.37. The highest BCUT2D eigenvalue weighted by atomic mass is 16.6. The number of nitrogens with zero attached hydrogens (tertiary/aromatic N) is 1. The molecule has 0 aromatic carbocycles. The number of nitrogens with one attached hydrogen (secondary N) is 1. The summed E-state index contributed by atoms with van der Waals surface area (Å²) in [4.78, 5) is 13.2. The van der Waals surface area contributed by atoms with Crippen molar-refractivity contribution in [2.45, 2.75) is 45.6 Å². The van der Waals surface area contributed by atoms with Crippen LogP contribution in [0.5, 0.6) is 0 Å². The fourth-order valence-corrected chi connectivity index (χ4v) is 1.36. The van der Waals surface area contributed by atoms with Gasteiger partial charge >= 0.3 is 6.09 Å². The Bertz CT molecular complexity index is 227. The van der Waals surface area contributed by atoms with Crippen molar-refractivity contribution in [3.8, 4) is 0 Å². The molecule has 5 heteroatoms. The van der Waals surface area contributed by atoms with E-state index in [9.17, 15) is 4.79 Å². The van der Waals surface area contributed by atoms with Gasteiger partial charge in [0.2, 0.25) is 0 Å². The fourth-order valence-electron chi connectivity index (χ4n) is 1.36. The Hall–Kier alpha value is -0.810. The summed E-state index contributed by atoms with van der Waals surface area (Å²) in [6.45, 7) is 8.31. The highest BCUT2D eigenvalue weighted by Crippen LogP contribution is 2.08. The number of rotatable bonds is 8. The molecule has 18 heavy (non-hydrogen) atoms. The molecule has 0 rings (SSSR count). The summed E-state index contributed by atoms with van der Waals surface area (Å²) in [5, 5.41) is 11.9. The van der Waals surface area contributed by atoms with Gasteiger partial charge in [0.15, 0.2) is 0 Å². The van der Waals surface area contributed by atoms with E-state index in [0.29, 0.717) is 6.54 Å². The van der Waals surface area contributed by atoms with Gasteiger partial charge in [-0.1, -0.05) is 0 Å². The summed E-state index contributed by atoms with van der Waals surface area (Å²) < 4.78 is 5.25. The van der Waals surface area contributed by atoms with Crippen molar-refractivity contribution >= 4 is 6.09 Å². The molecular weight excluding hydrogens is 232 g/mol. The SMILES string of the molecule is CN(CCCNCCCCO)C(=O)OC(C)(C)C. The van der Waals surface area contributed by atoms with E-state index in [2.05, 4.69) is 5.32 Å². The fraction of sp³-hybridized carbons (Fsp3) is 0.923. The van der Waals surface area contributed by atoms with Crippen LogP contribution in [0.25, 0.3) is 0 Å². The Morgan fingerprint density at radius 2 is 1.83 bits per heavy atom. The molecule has 5 nitrogen and oxygen atoms in total. The summed E-state index contributed by atoms with van der Waals surface area (Å²) in [5.74, 6) is 0. The van der Waals surface area contributed by atoms with Crippen molar-refractivity contribution in [2.75, 3.05) is 33.3 Å². The highest BCUT2D eigenvalue weighted by Gasteiger charge is 2.18. The number of hydrogen-bond donors (Lipinski definition) is 2. The van der Waals surface area contributed by atoms with E-state index in [0.717, 1.165) is 32.4 Å². The molecule has 108 valence electrons. The zero-order chi connectivity index (χ0) is 14.0. The number of carbonyl (C=O) groups excluding carboxylic acids is 1. The van der Waals surface area contributed by atoms with Crippen LogP contribution in [0, 0.1) is 0 Å². The second-order valence-electron chi connectivity index (χ2n) is 5.44. The third kappa shape index (κ3) is 10.4. The maximum absolute atomic E-state index is 11.6. The number of hydrogen-bond acceptors (Lipinski definition) is 4. The molecule has 0 bridgehead atoms. The third-order valence-corrected chi connectivity index (χ3v) is 2.31. The molecule has 0 aliphatic heterocycles. The molecule has 0 aromatic heterocycles. The van der Waals surface area contributed by atoms with Gasteiger partial charge in [-0.2, -0.15) is 0 Å². The first-order valence-corrected chi connectivity index (χ1v) is 6.62. The van der Waals surface area contributed by atoms with Crippen molar-refractivity contribution in [1.82, 2.24) is 10.2 Å². The minimum absolute atomic E-state index is 0.253.